The van der Waals surface area contributed by atoms with E-state index < -0.39 is 0 Å². The van der Waals surface area contributed by atoms with Gasteiger partial charge in [0.2, 0.25) is 11.0 Å². The Hall–Kier alpha value is -2.58. The maximum atomic E-state index is 12.5. The number of amides is 1. The highest BCUT2D eigenvalue weighted by Crippen LogP contribution is 2.31. The van der Waals surface area contributed by atoms with Gasteiger partial charge in [-0.1, -0.05) is 35.2 Å². The first-order valence-corrected chi connectivity index (χ1v) is 10.4. The fourth-order valence-corrected chi connectivity index (χ4v) is 4.33. The zero-order valence-corrected chi connectivity index (χ0v) is 17.8. The second-order valence-electron chi connectivity index (χ2n) is 6.29. The second-order valence-corrected chi connectivity index (χ2v) is 8.86. The van der Waals surface area contributed by atoms with E-state index in [1.807, 2.05) is 63.2 Å². The van der Waals surface area contributed by atoms with Crippen LogP contribution in [-0.2, 0) is 4.79 Å². The second kappa shape index (κ2) is 9.07. The molecule has 0 aliphatic carbocycles. The molecule has 28 heavy (non-hydrogen) atoms. The predicted molar refractivity (Wildman–Crippen MR) is 116 cm³/mol. The number of rotatable bonds is 7. The molecule has 3 rings (SSSR count). The molecule has 0 fully saturated rings. The van der Waals surface area contributed by atoms with Crippen molar-refractivity contribution in [3.8, 4) is 5.75 Å². The lowest BCUT2D eigenvalue weighted by molar-refractivity contribution is -0.115. The summed E-state index contributed by atoms with van der Waals surface area (Å²) in [5.41, 5.74) is 3.89. The number of thioether (sulfide) groups is 1. The zero-order valence-electron chi connectivity index (χ0n) is 16.1. The summed E-state index contributed by atoms with van der Waals surface area (Å²) in [4.78, 5) is 12.5. The summed E-state index contributed by atoms with van der Waals surface area (Å²) in [6, 6.07) is 13.6. The Balaban J connectivity index is 1.58. The van der Waals surface area contributed by atoms with Crippen LogP contribution in [0, 0.1) is 13.8 Å². The number of aromatic nitrogens is 2. The Morgan fingerprint density at radius 1 is 1.14 bits per heavy atom. The smallest absolute Gasteiger partial charge is 0.237 e. The molecule has 1 aromatic heterocycles. The lowest BCUT2D eigenvalue weighted by Gasteiger charge is -2.12. The molecule has 146 valence electrons. The van der Waals surface area contributed by atoms with Crippen LogP contribution >= 0.6 is 23.1 Å². The van der Waals surface area contributed by atoms with E-state index in [1.165, 1.54) is 23.1 Å². The van der Waals surface area contributed by atoms with Gasteiger partial charge in [0, 0.05) is 11.4 Å². The van der Waals surface area contributed by atoms with Gasteiger partial charge in [-0.3, -0.25) is 4.79 Å². The Morgan fingerprint density at radius 2 is 1.89 bits per heavy atom. The van der Waals surface area contributed by atoms with Gasteiger partial charge in [0.1, 0.15) is 5.75 Å². The van der Waals surface area contributed by atoms with Crippen molar-refractivity contribution in [1.29, 1.82) is 0 Å². The SMILES string of the molecule is COc1ccc(Nc2nnc(SC(C)C(=O)Nc3cc(C)ccc3C)s2)cc1. The molecule has 0 saturated carbocycles. The number of carbonyl (C=O) groups excluding carboxylic acids is 1. The Bertz CT molecular complexity index is 957. The number of benzene rings is 2. The molecule has 8 heteroatoms. The Kier molecular flexibility index (Phi) is 6.53. The van der Waals surface area contributed by atoms with Crippen molar-refractivity contribution in [3.05, 3.63) is 53.6 Å². The summed E-state index contributed by atoms with van der Waals surface area (Å²) in [5, 5.41) is 14.9. The largest absolute Gasteiger partial charge is 0.497 e. The van der Waals surface area contributed by atoms with Crippen LogP contribution in [0.2, 0.25) is 0 Å². The van der Waals surface area contributed by atoms with Gasteiger partial charge in [-0.2, -0.15) is 0 Å². The first kappa shape index (κ1) is 20.2. The van der Waals surface area contributed by atoms with E-state index in [0.29, 0.717) is 5.13 Å². The average Bonchev–Trinajstić information content (AvgIpc) is 3.12. The Morgan fingerprint density at radius 3 is 2.61 bits per heavy atom. The lowest BCUT2D eigenvalue weighted by atomic mass is 10.1. The van der Waals surface area contributed by atoms with E-state index in [4.69, 9.17) is 4.74 Å². The van der Waals surface area contributed by atoms with E-state index in [2.05, 4.69) is 20.8 Å². The number of carbonyl (C=O) groups is 1. The third kappa shape index (κ3) is 5.24. The van der Waals surface area contributed by atoms with Gasteiger partial charge in [0.25, 0.3) is 0 Å². The fraction of sp³-hybridized carbons (Fsp3) is 0.250. The van der Waals surface area contributed by atoms with Gasteiger partial charge in [-0.25, -0.2) is 0 Å². The van der Waals surface area contributed by atoms with Crippen LogP contribution in [0.5, 0.6) is 5.75 Å². The number of hydrogen-bond acceptors (Lipinski definition) is 7. The molecule has 0 aliphatic rings. The van der Waals surface area contributed by atoms with E-state index in [1.54, 1.807) is 7.11 Å². The van der Waals surface area contributed by atoms with Crippen LogP contribution in [0.4, 0.5) is 16.5 Å². The molecule has 1 unspecified atom stereocenters. The molecule has 0 bridgehead atoms. The molecular formula is C20H22N4O2S2. The number of aryl methyl sites for hydroxylation is 2. The topological polar surface area (TPSA) is 76.1 Å². The zero-order chi connectivity index (χ0) is 20.1. The maximum Gasteiger partial charge on any atom is 0.237 e. The maximum absolute atomic E-state index is 12.5. The minimum absolute atomic E-state index is 0.0569. The fourth-order valence-electron chi connectivity index (χ4n) is 2.42. The van der Waals surface area contributed by atoms with Gasteiger partial charge in [-0.05, 0) is 62.2 Å². The molecule has 2 aromatic carbocycles. The third-order valence-corrected chi connectivity index (χ3v) is 6.07. The van der Waals surface area contributed by atoms with Crippen LogP contribution in [0.1, 0.15) is 18.1 Å². The van der Waals surface area contributed by atoms with Crippen molar-refractivity contribution >= 4 is 45.5 Å². The predicted octanol–water partition coefficient (Wildman–Crippen LogP) is 5.03. The quantitative estimate of drug-likeness (QED) is 0.528. The van der Waals surface area contributed by atoms with E-state index in [-0.39, 0.29) is 11.2 Å². The third-order valence-electron chi connectivity index (χ3n) is 4.05. The first-order chi connectivity index (χ1) is 13.4. The highest BCUT2D eigenvalue weighted by atomic mass is 32.2. The molecule has 1 amide bonds. The van der Waals surface area contributed by atoms with Crippen molar-refractivity contribution in [1.82, 2.24) is 10.2 Å². The Labute approximate surface area is 172 Å². The van der Waals surface area contributed by atoms with Crippen molar-refractivity contribution in [2.24, 2.45) is 0 Å². The van der Waals surface area contributed by atoms with Gasteiger partial charge in [-0.15, -0.1) is 10.2 Å². The summed E-state index contributed by atoms with van der Waals surface area (Å²) < 4.78 is 5.89. The molecule has 0 aliphatic heterocycles. The van der Waals surface area contributed by atoms with Crippen LogP contribution < -0.4 is 15.4 Å². The molecule has 0 spiro atoms. The normalized spacial score (nSPS) is 11.7. The highest BCUT2D eigenvalue weighted by molar-refractivity contribution is 8.02. The molecule has 1 heterocycles. The van der Waals surface area contributed by atoms with Crippen LogP contribution in [0.25, 0.3) is 0 Å². The van der Waals surface area contributed by atoms with Gasteiger partial charge >= 0.3 is 0 Å². The van der Waals surface area contributed by atoms with Crippen molar-refractivity contribution in [2.45, 2.75) is 30.4 Å². The average molecular weight is 415 g/mol. The highest BCUT2D eigenvalue weighted by Gasteiger charge is 2.18. The molecule has 6 nitrogen and oxygen atoms in total. The number of nitrogens with zero attached hydrogens (tertiary/aromatic N) is 2. The van der Waals surface area contributed by atoms with Crippen LogP contribution in [0.3, 0.4) is 0 Å². The number of hydrogen-bond donors (Lipinski definition) is 2. The van der Waals surface area contributed by atoms with Crippen LogP contribution in [0.15, 0.2) is 46.8 Å². The lowest BCUT2D eigenvalue weighted by Crippen LogP contribution is -2.22. The summed E-state index contributed by atoms with van der Waals surface area (Å²) in [5.74, 6) is 0.737. The first-order valence-electron chi connectivity index (χ1n) is 8.74. The van der Waals surface area contributed by atoms with Gasteiger partial charge in [0.15, 0.2) is 4.34 Å². The summed E-state index contributed by atoms with van der Waals surface area (Å²) >= 11 is 2.80. The number of anilines is 3. The minimum atomic E-state index is -0.290. The van der Waals surface area contributed by atoms with Crippen molar-refractivity contribution in [2.75, 3.05) is 17.7 Å². The van der Waals surface area contributed by atoms with Crippen LogP contribution in [-0.4, -0.2) is 28.5 Å². The van der Waals surface area contributed by atoms with E-state index >= 15 is 0 Å². The van der Waals surface area contributed by atoms with E-state index in [9.17, 15) is 4.79 Å². The monoisotopic (exact) mass is 414 g/mol. The molecular weight excluding hydrogens is 392 g/mol. The number of methoxy groups -OCH3 is 1. The molecule has 0 radical (unpaired) electrons. The molecule has 3 aromatic rings. The molecule has 2 N–H and O–H groups in total. The summed E-state index contributed by atoms with van der Waals surface area (Å²) in [6.45, 7) is 5.85. The van der Waals surface area contributed by atoms with Crippen molar-refractivity contribution < 1.29 is 9.53 Å². The minimum Gasteiger partial charge on any atom is -0.497 e. The molecule has 1 atom stereocenters. The number of ether oxygens (including phenoxy) is 1. The molecule has 0 saturated heterocycles. The summed E-state index contributed by atoms with van der Waals surface area (Å²) in [6.07, 6.45) is 0. The van der Waals surface area contributed by atoms with E-state index in [0.717, 1.165) is 32.6 Å². The van der Waals surface area contributed by atoms with Gasteiger partial charge in [0.05, 0.1) is 12.4 Å². The summed E-state index contributed by atoms with van der Waals surface area (Å²) in [7, 11) is 1.63. The van der Waals surface area contributed by atoms with Crippen molar-refractivity contribution in [3.63, 3.8) is 0 Å². The standard InChI is InChI=1S/C20H22N4O2S2/c1-12-5-6-13(2)17(11-12)22-18(25)14(3)27-20-24-23-19(28-20)21-15-7-9-16(26-4)10-8-15/h5-11,14H,1-4H3,(H,21,23)(H,22,25). The number of nitrogens with one attached hydrogen (secondary N) is 2. The van der Waals surface area contributed by atoms with Gasteiger partial charge < -0.3 is 15.4 Å².